The number of hydrogen-bond donors (Lipinski definition) is 3. The molecular weight excluding hydrogens is 306 g/mol. The molecule has 8 heteroatoms. The lowest BCUT2D eigenvalue weighted by Gasteiger charge is -2.10. The van der Waals surface area contributed by atoms with Crippen LogP contribution < -0.4 is 11.1 Å². The van der Waals surface area contributed by atoms with E-state index in [0.717, 1.165) is 9.21 Å². The van der Waals surface area contributed by atoms with Crippen LogP contribution in [0.2, 0.25) is 4.34 Å². The molecule has 5 nitrogen and oxygen atoms in total. The first-order chi connectivity index (χ1) is 8.97. The number of carboxylic acids is 1. The van der Waals surface area contributed by atoms with Gasteiger partial charge in [-0.2, -0.15) is 0 Å². The van der Waals surface area contributed by atoms with Gasteiger partial charge in [-0.3, -0.25) is 4.79 Å². The number of thiazole rings is 1. The van der Waals surface area contributed by atoms with E-state index in [0.29, 0.717) is 10.8 Å². The minimum atomic E-state index is -1.09. The molecule has 0 amide bonds. The van der Waals surface area contributed by atoms with E-state index in [4.69, 9.17) is 22.4 Å². The fourth-order valence-corrected chi connectivity index (χ4v) is 3.34. The van der Waals surface area contributed by atoms with Gasteiger partial charge in [-0.15, -0.1) is 22.7 Å². The van der Waals surface area contributed by atoms with Crippen LogP contribution in [0.25, 0.3) is 0 Å². The van der Waals surface area contributed by atoms with Gasteiger partial charge < -0.3 is 16.2 Å². The maximum atomic E-state index is 10.8. The largest absolute Gasteiger partial charge is 0.480 e. The van der Waals surface area contributed by atoms with Crippen molar-refractivity contribution < 1.29 is 9.90 Å². The maximum Gasteiger partial charge on any atom is 0.326 e. The van der Waals surface area contributed by atoms with Crippen molar-refractivity contribution in [3.8, 4) is 0 Å². The zero-order valence-corrected chi connectivity index (χ0v) is 12.4. The summed E-state index contributed by atoms with van der Waals surface area (Å²) in [4.78, 5) is 16.0. The van der Waals surface area contributed by atoms with Crippen molar-refractivity contribution in [2.24, 2.45) is 5.73 Å². The molecule has 0 radical (unpaired) electrons. The number of nitrogens with one attached hydrogen (secondary N) is 1. The molecule has 0 aromatic carbocycles. The van der Waals surface area contributed by atoms with Crippen molar-refractivity contribution in [1.29, 1.82) is 0 Å². The van der Waals surface area contributed by atoms with Gasteiger partial charge >= 0.3 is 5.97 Å². The lowest BCUT2D eigenvalue weighted by atomic mass is 10.2. The van der Waals surface area contributed by atoms with E-state index in [1.807, 2.05) is 19.1 Å². The number of thiophene rings is 1. The van der Waals surface area contributed by atoms with Gasteiger partial charge in [0.05, 0.1) is 16.1 Å². The van der Waals surface area contributed by atoms with E-state index in [1.54, 1.807) is 5.38 Å². The topological polar surface area (TPSA) is 88.2 Å². The van der Waals surface area contributed by atoms with Gasteiger partial charge in [0.15, 0.2) is 5.13 Å². The van der Waals surface area contributed by atoms with Crippen molar-refractivity contribution in [3.63, 3.8) is 0 Å². The first-order valence-electron chi connectivity index (χ1n) is 5.43. The smallest absolute Gasteiger partial charge is 0.326 e. The highest BCUT2D eigenvalue weighted by Crippen LogP contribution is 2.30. The van der Waals surface area contributed by atoms with Gasteiger partial charge in [-0.05, 0) is 19.1 Å². The highest BCUT2D eigenvalue weighted by Gasteiger charge is 2.18. The second-order valence-corrected chi connectivity index (χ2v) is 6.51. The third-order valence-corrected chi connectivity index (χ3v) is 4.67. The molecule has 2 aromatic rings. The van der Waals surface area contributed by atoms with Gasteiger partial charge in [0.1, 0.15) is 6.04 Å². The summed E-state index contributed by atoms with van der Waals surface area (Å²) < 4.78 is 0.733. The SMILES string of the molecule is CC(Nc1nc(C(N)C(=O)O)cs1)c1ccc(Cl)s1. The summed E-state index contributed by atoms with van der Waals surface area (Å²) in [5.41, 5.74) is 5.86. The number of nitrogens with two attached hydrogens (primary N) is 1. The molecule has 0 aliphatic rings. The summed E-state index contributed by atoms with van der Waals surface area (Å²) in [6.45, 7) is 1.99. The molecule has 2 atom stereocenters. The Morgan fingerprint density at radius 2 is 2.32 bits per heavy atom. The molecule has 0 fully saturated rings. The molecule has 0 aliphatic heterocycles. The number of nitrogens with zero attached hydrogens (tertiary/aromatic N) is 1. The van der Waals surface area contributed by atoms with Crippen LogP contribution in [-0.2, 0) is 4.79 Å². The second kappa shape index (κ2) is 5.87. The number of aliphatic carboxylic acids is 1. The molecule has 0 bridgehead atoms. The second-order valence-electron chi connectivity index (χ2n) is 3.90. The number of carbonyl (C=O) groups is 1. The van der Waals surface area contributed by atoms with Crippen LogP contribution in [0, 0.1) is 0 Å². The molecule has 0 aliphatic carbocycles. The molecule has 0 spiro atoms. The molecule has 0 saturated heterocycles. The van der Waals surface area contributed by atoms with Gasteiger partial charge in [0, 0.05) is 10.3 Å². The number of aromatic nitrogens is 1. The molecule has 2 heterocycles. The first-order valence-corrected chi connectivity index (χ1v) is 7.50. The zero-order valence-electron chi connectivity index (χ0n) is 9.96. The Kier molecular flexibility index (Phi) is 4.41. The Morgan fingerprint density at radius 3 is 2.89 bits per heavy atom. The van der Waals surface area contributed by atoms with E-state index < -0.39 is 12.0 Å². The number of anilines is 1. The fourth-order valence-electron chi connectivity index (χ4n) is 1.44. The maximum absolute atomic E-state index is 10.8. The summed E-state index contributed by atoms with van der Waals surface area (Å²) in [5.74, 6) is -1.09. The van der Waals surface area contributed by atoms with Crippen LogP contribution >= 0.6 is 34.3 Å². The molecule has 19 heavy (non-hydrogen) atoms. The Bertz CT molecular complexity index is 584. The Balaban J connectivity index is 2.06. The van der Waals surface area contributed by atoms with Crippen molar-refractivity contribution in [3.05, 3.63) is 32.4 Å². The van der Waals surface area contributed by atoms with Crippen LogP contribution in [0.4, 0.5) is 5.13 Å². The van der Waals surface area contributed by atoms with Crippen LogP contribution in [0.15, 0.2) is 17.5 Å². The van der Waals surface area contributed by atoms with Gasteiger partial charge in [0.25, 0.3) is 0 Å². The van der Waals surface area contributed by atoms with E-state index in [1.165, 1.54) is 22.7 Å². The summed E-state index contributed by atoms with van der Waals surface area (Å²) in [6, 6.07) is 2.76. The molecular formula is C11H12ClN3O2S2. The predicted octanol–water partition coefficient (Wildman–Crippen LogP) is 3.12. The third kappa shape index (κ3) is 3.44. The van der Waals surface area contributed by atoms with Crippen LogP contribution in [0.3, 0.4) is 0 Å². The number of rotatable bonds is 5. The number of carboxylic acid groups (broad SMARTS) is 1. The number of halogens is 1. The average molecular weight is 318 g/mol. The molecule has 4 N–H and O–H groups in total. The molecule has 2 unspecified atom stereocenters. The first kappa shape index (κ1) is 14.3. The van der Waals surface area contributed by atoms with Crippen molar-refractivity contribution in [2.75, 3.05) is 5.32 Å². The summed E-state index contributed by atoms with van der Waals surface area (Å²) in [6.07, 6.45) is 0. The summed E-state index contributed by atoms with van der Waals surface area (Å²) >= 11 is 8.71. The van der Waals surface area contributed by atoms with Crippen molar-refractivity contribution >= 4 is 45.4 Å². The lowest BCUT2D eigenvalue weighted by molar-refractivity contribution is -0.138. The minimum Gasteiger partial charge on any atom is -0.480 e. The molecule has 0 saturated carbocycles. The average Bonchev–Trinajstić information content (AvgIpc) is 2.97. The van der Waals surface area contributed by atoms with E-state index in [2.05, 4.69) is 10.3 Å². The van der Waals surface area contributed by atoms with E-state index >= 15 is 0 Å². The zero-order chi connectivity index (χ0) is 14.0. The minimum absolute atomic E-state index is 0.0533. The van der Waals surface area contributed by atoms with Gasteiger partial charge in [-0.25, -0.2) is 4.98 Å². The van der Waals surface area contributed by atoms with Crippen LogP contribution in [0.5, 0.6) is 0 Å². The standard InChI is InChI=1S/C11H12ClN3O2S2/c1-5(7-2-3-8(12)19-7)14-11-15-6(4-18-11)9(13)10(16)17/h2-5,9H,13H2,1H3,(H,14,15)(H,16,17). The summed E-state index contributed by atoms with van der Waals surface area (Å²) in [5, 5.41) is 14.3. The monoisotopic (exact) mass is 317 g/mol. The molecule has 2 rings (SSSR count). The third-order valence-electron chi connectivity index (χ3n) is 2.47. The highest BCUT2D eigenvalue weighted by atomic mass is 35.5. The Hall–Kier alpha value is -1.15. The van der Waals surface area contributed by atoms with Crippen molar-refractivity contribution in [2.45, 2.75) is 19.0 Å². The Morgan fingerprint density at radius 1 is 1.58 bits per heavy atom. The number of hydrogen-bond acceptors (Lipinski definition) is 6. The normalized spacial score (nSPS) is 14.1. The van der Waals surface area contributed by atoms with Gasteiger partial charge in [0.2, 0.25) is 0 Å². The van der Waals surface area contributed by atoms with Crippen molar-refractivity contribution in [1.82, 2.24) is 4.98 Å². The Labute approximate surface area is 123 Å². The van der Waals surface area contributed by atoms with Crippen LogP contribution in [0.1, 0.15) is 29.6 Å². The quantitative estimate of drug-likeness (QED) is 0.788. The van der Waals surface area contributed by atoms with Crippen LogP contribution in [-0.4, -0.2) is 16.1 Å². The summed E-state index contributed by atoms with van der Waals surface area (Å²) in [7, 11) is 0. The van der Waals surface area contributed by atoms with E-state index in [-0.39, 0.29) is 6.04 Å². The fraction of sp³-hybridized carbons (Fsp3) is 0.273. The predicted molar refractivity (Wildman–Crippen MR) is 78.0 cm³/mol. The lowest BCUT2D eigenvalue weighted by Crippen LogP contribution is -2.21. The van der Waals surface area contributed by atoms with Gasteiger partial charge in [-0.1, -0.05) is 11.6 Å². The van der Waals surface area contributed by atoms with E-state index in [9.17, 15) is 4.79 Å². The molecule has 2 aromatic heterocycles. The highest BCUT2D eigenvalue weighted by molar-refractivity contribution is 7.16. The molecule has 102 valence electrons.